The van der Waals surface area contributed by atoms with Crippen molar-refractivity contribution in [3.8, 4) is 0 Å². The zero-order valence-corrected chi connectivity index (χ0v) is 20.1. The van der Waals surface area contributed by atoms with Crippen LogP contribution in [-0.4, -0.2) is 41.9 Å². The van der Waals surface area contributed by atoms with E-state index >= 15 is 0 Å². The lowest BCUT2D eigenvalue weighted by Gasteiger charge is -2.32. The number of hydrogen-bond acceptors (Lipinski definition) is 4. The summed E-state index contributed by atoms with van der Waals surface area (Å²) in [5.41, 5.74) is 3.50. The Morgan fingerprint density at radius 1 is 0.943 bits per heavy atom. The summed E-state index contributed by atoms with van der Waals surface area (Å²) in [4.78, 5) is 30.3. The first-order valence-electron chi connectivity index (χ1n) is 11.5. The summed E-state index contributed by atoms with van der Waals surface area (Å²) < 4.78 is 29.7. The second-order valence-electron chi connectivity index (χ2n) is 8.84. The first-order chi connectivity index (χ1) is 16.8. The summed E-state index contributed by atoms with van der Waals surface area (Å²) in [5, 5.41) is 0. The predicted octanol–water partition coefficient (Wildman–Crippen LogP) is 3.92. The number of likely N-dealkylation sites (tertiary alicyclic amines) is 1. The zero-order valence-electron chi connectivity index (χ0n) is 19.3. The topological polar surface area (TPSA) is 104 Å². The highest BCUT2D eigenvalue weighted by Gasteiger charge is 2.27. The molecular formula is C26H26N4O4S. The molecular weight excluding hydrogens is 464 g/mol. The van der Waals surface area contributed by atoms with Crippen LogP contribution in [0, 0.1) is 6.92 Å². The molecule has 1 aliphatic rings. The van der Waals surface area contributed by atoms with Gasteiger partial charge in [-0.2, -0.15) is 0 Å². The van der Waals surface area contributed by atoms with Crippen molar-refractivity contribution in [2.75, 3.05) is 17.8 Å². The number of hydrogen-bond donors (Lipinski definition) is 2. The van der Waals surface area contributed by atoms with Gasteiger partial charge in [-0.15, -0.1) is 0 Å². The van der Waals surface area contributed by atoms with Crippen molar-refractivity contribution in [1.29, 1.82) is 0 Å². The Bertz CT molecular complexity index is 1530. The van der Waals surface area contributed by atoms with Gasteiger partial charge in [0.1, 0.15) is 0 Å². The number of anilines is 1. The molecule has 1 aromatic heterocycles. The van der Waals surface area contributed by atoms with Gasteiger partial charge in [0.2, 0.25) is 0 Å². The summed E-state index contributed by atoms with van der Waals surface area (Å²) in [6, 6.07) is 20.7. The number of aromatic nitrogens is 2. The lowest BCUT2D eigenvalue weighted by Crippen LogP contribution is -2.40. The Morgan fingerprint density at radius 2 is 1.60 bits per heavy atom. The Morgan fingerprint density at radius 3 is 2.29 bits per heavy atom. The largest absolute Gasteiger partial charge is 0.338 e. The molecule has 5 rings (SSSR count). The maximum Gasteiger partial charge on any atom is 0.326 e. The van der Waals surface area contributed by atoms with Crippen LogP contribution in [0.25, 0.3) is 11.0 Å². The first-order valence-corrected chi connectivity index (χ1v) is 13.0. The molecule has 0 unspecified atom stereocenters. The van der Waals surface area contributed by atoms with Crippen molar-refractivity contribution in [1.82, 2.24) is 14.5 Å². The van der Waals surface area contributed by atoms with E-state index in [0.29, 0.717) is 37.2 Å². The zero-order chi connectivity index (χ0) is 24.6. The van der Waals surface area contributed by atoms with Gasteiger partial charge in [0, 0.05) is 30.4 Å². The number of H-pyrrole nitrogens is 1. The van der Waals surface area contributed by atoms with E-state index in [4.69, 9.17) is 0 Å². The Hall–Kier alpha value is -3.85. The minimum atomic E-state index is -3.76. The number of carbonyl (C=O) groups is 1. The van der Waals surface area contributed by atoms with Crippen molar-refractivity contribution in [3.05, 3.63) is 94.4 Å². The SMILES string of the molecule is Cc1ccc(NS(=O)(=O)c2ccc(C(=O)N3CCC(n4c(=O)[nH]c5ccccc54)CC3)cc2)cc1. The molecule has 0 aliphatic carbocycles. The van der Waals surface area contributed by atoms with Crippen LogP contribution in [0.15, 0.2) is 82.5 Å². The maximum absolute atomic E-state index is 13.0. The van der Waals surface area contributed by atoms with E-state index in [-0.39, 0.29) is 22.5 Å². The van der Waals surface area contributed by atoms with Crippen LogP contribution in [0.2, 0.25) is 0 Å². The molecule has 9 heteroatoms. The van der Waals surface area contributed by atoms with Gasteiger partial charge in [-0.25, -0.2) is 13.2 Å². The average Bonchev–Trinajstić information content (AvgIpc) is 3.20. The van der Waals surface area contributed by atoms with Crippen molar-refractivity contribution in [2.45, 2.75) is 30.7 Å². The molecule has 1 amide bonds. The molecule has 0 atom stereocenters. The summed E-state index contributed by atoms with van der Waals surface area (Å²) in [5.74, 6) is -0.148. The molecule has 0 radical (unpaired) electrons. The summed E-state index contributed by atoms with van der Waals surface area (Å²) >= 11 is 0. The van der Waals surface area contributed by atoms with Gasteiger partial charge >= 0.3 is 5.69 Å². The summed E-state index contributed by atoms with van der Waals surface area (Å²) in [7, 11) is -3.76. The van der Waals surface area contributed by atoms with Crippen LogP contribution in [0.1, 0.15) is 34.8 Å². The molecule has 1 saturated heterocycles. The fourth-order valence-corrected chi connectivity index (χ4v) is 5.62. The Kier molecular flexibility index (Phi) is 5.94. The number of rotatable bonds is 5. The van der Waals surface area contributed by atoms with E-state index < -0.39 is 10.0 Å². The van der Waals surface area contributed by atoms with Crippen LogP contribution in [0.5, 0.6) is 0 Å². The smallest absolute Gasteiger partial charge is 0.326 e. The minimum absolute atomic E-state index is 0.0167. The highest BCUT2D eigenvalue weighted by atomic mass is 32.2. The van der Waals surface area contributed by atoms with E-state index in [1.165, 1.54) is 12.1 Å². The van der Waals surface area contributed by atoms with E-state index in [0.717, 1.165) is 16.6 Å². The number of carbonyl (C=O) groups excluding carboxylic acids is 1. The second kappa shape index (κ2) is 9.07. The number of piperidine rings is 1. The molecule has 2 N–H and O–H groups in total. The van der Waals surface area contributed by atoms with Crippen LogP contribution < -0.4 is 10.4 Å². The van der Waals surface area contributed by atoms with Crippen LogP contribution in [0.4, 0.5) is 5.69 Å². The number of imidazole rings is 1. The summed E-state index contributed by atoms with van der Waals surface area (Å²) in [6.07, 6.45) is 1.33. The van der Waals surface area contributed by atoms with Gasteiger partial charge in [-0.3, -0.25) is 14.1 Å². The van der Waals surface area contributed by atoms with Gasteiger partial charge < -0.3 is 9.88 Å². The molecule has 0 bridgehead atoms. The van der Waals surface area contributed by atoms with E-state index in [1.807, 2.05) is 43.3 Å². The number of aromatic amines is 1. The molecule has 0 spiro atoms. The monoisotopic (exact) mass is 490 g/mol. The third-order valence-electron chi connectivity index (χ3n) is 6.46. The fraction of sp³-hybridized carbons (Fsp3) is 0.231. The molecule has 8 nitrogen and oxygen atoms in total. The fourth-order valence-electron chi connectivity index (χ4n) is 4.56. The normalized spacial score (nSPS) is 14.8. The van der Waals surface area contributed by atoms with Crippen LogP contribution in [0.3, 0.4) is 0 Å². The van der Waals surface area contributed by atoms with Crippen LogP contribution in [-0.2, 0) is 10.0 Å². The van der Waals surface area contributed by atoms with Crippen molar-refractivity contribution < 1.29 is 13.2 Å². The molecule has 4 aromatic rings. The van der Waals surface area contributed by atoms with Gasteiger partial charge in [0.05, 0.1) is 15.9 Å². The number of fused-ring (bicyclic) bond motifs is 1. The van der Waals surface area contributed by atoms with Gasteiger partial charge in [-0.1, -0.05) is 29.8 Å². The third-order valence-corrected chi connectivity index (χ3v) is 7.85. The Balaban J connectivity index is 1.25. The molecule has 1 fully saturated rings. The lowest BCUT2D eigenvalue weighted by atomic mass is 10.0. The van der Waals surface area contributed by atoms with Crippen molar-refractivity contribution >= 4 is 32.7 Å². The molecule has 35 heavy (non-hydrogen) atoms. The van der Waals surface area contributed by atoms with Gasteiger partial charge in [-0.05, 0) is 68.3 Å². The summed E-state index contributed by atoms with van der Waals surface area (Å²) in [6.45, 7) is 2.97. The number of amides is 1. The van der Waals surface area contributed by atoms with Crippen LogP contribution >= 0.6 is 0 Å². The number of benzene rings is 3. The average molecular weight is 491 g/mol. The number of nitrogens with one attached hydrogen (secondary N) is 2. The number of nitrogens with zero attached hydrogens (tertiary/aromatic N) is 2. The number of aryl methyl sites for hydroxylation is 1. The van der Waals surface area contributed by atoms with E-state index in [9.17, 15) is 18.0 Å². The third kappa shape index (κ3) is 4.59. The van der Waals surface area contributed by atoms with Gasteiger partial charge in [0.15, 0.2) is 0 Å². The molecule has 3 aromatic carbocycles. The highest BCUT2D eigenvalue weighted by molar-refractivity contribution is 7.92. The highest BCUT2D eigenvalue weighted by Crippen LogP contribution is 2.26. The van der Waals surface area contributed by atoms with E-state index in [1.54, 1.807) is 33.7 Å². The molecule has 2 heterocycles. The standard InChI is InChI=1S/C26H26N4O4S/c1-18-6-10-20(11-7-18)28-35(33,34)22-12-8-19(9-13-22)25(31)29-16-14-21(15-17-29)30-24-5-3-2-4-23(24)27-26(30)32/h2-13,21,28H,14-17H2,1H3,(H,27,32). The molecule has 180 valence electrons. The first kappa shape index (κ1) is 22.9. The molecule has 1 aliphatic heterocycles. The van der Waals surface area contributed by atoms with Gasteiger partial charge in [0.25, 0.3) is 15.9 Å². The Labute approximate surface area is 203 Å². The quantitative estimate of drug-likeness (QED) is 0.442. The van der Waals surface area contributed by atoms with Crippen molar-refractivity contribution in [3.63, 3.8) is 0 Å². The lowest BCUT2D eigenvalue weighted by molar-refractivity contribution is 0.0695. The second-order valence-corrected chi connectivity index (χ2v) is 10.5. The number of sulfonamides is 1. The van der Waals surface area contributed by atoms with Crippen molar-refractivity contribution in [2.24, 2.45) is 0 Å². The molecule has 0 saturated carbocycles. The van der Waals surface area contributed by atoms with E-state index in [2.05, 4.69) is 9.71 Å². The maximum atomic E-state index is 13.0. The minimum Gasteiger partial charge on any atom is -0.338 e. The predicted molar refractivity (Wildman–Crippen MR) is 135 cm³/mol. The number of para-hydroxylation sites is 2.